The molecule has 0 unspecified atom stereocenters. The van der Waals surface area contributed by atoms with Crippen molar-refractivity contribution in [2.75, 3.05) is 0 Å². The molecular weight excluding hydrogens is 340 g/mol. The molecule has 3 rings (SSSR count). The van der Waals surface area contributed by atoms with Gasteiger partial charge in [0.1, 0.15) is 17.5 Å². The van der Waals surface area contributed by atoms with E-state index in [-0.39, 0.29) is 5.91 Å². The molecular formula is C19H17ClN2O3. The van der Waals surface area contributed by atoms with E-state index in [1.54, 1.807) is 56.3 Å². The molecule has 2 aromatic carbocycles. The molecule has 0 aliphatic carbocycles. The Morgan fingerprint density at radius 3 is 2.76 bits per heavy atom. The van der Waals surface area contributed by atoms with Crippen LogP contribution in [0.15, 0.2) is 42.5 Å². The Morgan fingerprint density at radius 1 is 1.32 bits per heavy atom. The average Bonchev–Trinajstić information content (AvgIpc) is 2.58. The lowest BCUT2D eigenvalue weighted by Gasteiger charge is -2.42. The van der Waals surface area contributed by atoms with E-state index in [1.165, 1.54) is 0 Å². The minimum atomic E-state index is -0.989. The van der Waals surface area contributed by atoms with E-state index in [0.717, 1.165) is 0 Å². The Labute approximate surface area is 150 Å². The second kappa shape index (κ2) is 6.40. The van der Waals surface area contributed by atoms with Crippen LogP contribution < -0.4 is 10.1 Å². The van der Waals surface area contributed by atoms with E-state index >= 15 is 0 Å². The molecule has 0 radical (unpaired) electrons. The van der Waals surface area contributed by atoms with Gasteiger partial charge in [-0.15, -0.1) is 0 Å². The molecule has 5 nitrogen and oxygen atoms in total. The summed E-state index contributed by atoms with van der Waals surface area (Å²) in [6, 6.07) is 12.9. The zero-order chi connectivity index (χ0) is 18.2. The summed E-state index contributed by atoms with van der Waals surface area (Å²) >= 11 is 5.94. The number of aliphatic hydroxyl groups excluding tert-OH is 1. The molecule has 25 heavy (non-hydrogen) atoms. The van der Waals surface area contributed by atoms with Gasteiger partial charge < -0.3 is 15.2 Å². The van der Waals surface area contributed by atoms with Crippen LogP contribution in [0.25, 0.3) is 0 Å². The van der Waals surface area contributed by atoms with Crippen molar-refractivity contribution in [3.05, 3.63) is 64.2 Å². The monoisotopic (exact) mass is 356 g/mol. The van der Waals surface area contributed by atoms with Gasteiger partial charge in [-0.25, -0.2) is 0 Å². The number of rotatable bonds is 2. The summed E-state index contributed by atoms with van der Waals surface area (Å²) in [5.41, 5.74) is 0.493. The first-order valence-electron chi connectivity index (χ1n) is 7.79. The van der Waals surface area contributed by atoms with E-state index in [2.05, 4.69) is 11.4 Å². The summed E-state index contributed by atoms with van der Waals surface area (Å²) in [5.74, 6) is 0.170. The predicted molar refractivity (Wildman–Crippen MR) is 93.5 cm³/mol. The Hall–Kier alpha value is -2.55. The van der Waals surface area contributed by atoms with Gasteiger partial charge in [-0.1, -0.05) is 17.7 Å². The molecule has 2 aromatic rings. The first kappa shape index (κ1) is 17.3. The molecule has 0 bridgehead atoms. The number of halogens is 1. The van der Waals surface area contributed by atoms with Gasteiger partial charge in [-0.2, -0.15) is 5.26 Å². The normalized spacial score (nSPS) is 20.8. The minimum absolute atomic E-state index is 0.363. The first-order chi connectivity index (χ1) is 11.8. The van der Waals surface area contributed by atoms with E-state index in [4.69, 9.17) is 21.6 Å². The predicted octanol–water partition coefficient (Wildman–Crippen LogP) is 3.21. The number of nitrogens with zero attached hydrogens (tertiary/aromatic N) is 1. The number of aliphatic hydroxyl groups is 1. The Morgan fingerprint density at radius 2 is 2.08 bits per heavy atom. The first-order valence-corrected chi connectivity index (χ1v) is 8.17. The highest BCUT2D eigenvalue weighted by atomic mass is 35.5. The number of fused-ring (bicyclic) bond motifs is 1. The zero-order valence-corrected chi connectivity index (χ0v) is 14.5. The Bertz CT molecular complexity index is 873. The van der Waals surface area contributed by atoms with Crippen molar-refractivity contribution in [3.63, 3.8) is 0 Å². The fourth-order valence-corrected chi connectivity index (χ4v) is 3.07. The van der Waals surface area contributed by atoms with Gasteiger partial charge in [0.25, 0.3) is 5.91 Å². The minimum Gasteiger partial charge on any atom is -0.485 e. The maximum Gasteiger partial charge on any atom is 0.251 e. The van der Waals surface area contributed by atoms with Crippen LogP contribution in [0.3, 0.4) is 0 Å². The van der Waals surface area contributed by atoms with Crippen LogP contribution in [0.4, 0.5) is 0 Å². The van der Waals surface area contributed by atoms with Crippen molar-refractivity contribution >= 4 is 17.5 Å². The quantitative estimate of drug-likeness (QED) is 0.865. The van der Waals surface area contributed by atoms with Crippen LogP contribution in [0.5, 0.6) is 5.75 Å². The third-order valence-corrected chi connectivity index (χ3v) is 4.48. The SMILES string of the molecule is CC1(C)Oc2ccc(C#N)cc2[C@@H](NC(=O)c2cccc(Cl)c2)[C@@H]1O. The van der Waals surface area contributed by atoms with Gasteiger partial charge in [0, 0.05) is 16.1 Å². The highest BCUT2D eigenvalue weighted by Crippen LogP contribution is 2.40. The van der Waals surface area contributed by atoms with Gasteiger partial charge in [-0.05, 0) is 50.2 Å². The van der Waals surface area contributed by atoms with Gasteiger partial charge in [0.05, 0.1) is 17.7 Å². The molecule has 1 amide bonds. The fraction of sp³-hybridized carbons (Fsp3) is 0.263. The van der Waals surface area contributed by atoms with Gasteiger partial charge >= 0.3 is 0 Å². The van der Waals surface area contributed by atoms with Crippen molar-refractivity contribution < 1.29 is 14.6 Å². The molecule has 128 valence electrons. The maximum atomic E-state index is 12.6. The molecule has 1 aliphatic rings. The Kier molecular flexibility index (Phi) is 4.42. The fourth-order valence-electron chi connectivity index (χ4n) is 2.88. The second-order valence-electron chi connectivity index (χ2n) is 6.48. The number of hydrogen-bond donors (Lipinski definition) is 2. The standard InChI is InChI=1S/C19H17ClN2O3/c1-19(2)17(23)16(14-8-11(10-21)6-7-15(14)25-19)22-18(24)12-4-3-5-13(20)9-12/h3-9,16-17,23H,1-2H3,(H,22,24)/t16-,17+/m1/s1. The van der Waals surface area contributed by atoms with Crippen molar-refractivity contribution in [1.29, 1.82) is 5.26 Å². The molecule has 2 N–H and O–H groups in total. The van der Waals surface area contributed by atoms with Crippen molar-refractivity contribution in [2.45, 2.75) is 31.6 Å². The summed E-state index contributed by atoms with van der Waals surface area (Å²) in [6.07, 6.45) is -0.989. The van der Waals surface area contributed by atoms with Crippen LogP contribution in [0.1, 0.15) is 41.4 Å². The molecule has 2 atom stereocenters. The third kappa shape index (κ3) is 3.32. The van der Waals surface area contributed by atoms with Crippen LogP contribution in [-0.2, 0) is 0 Å². The number of nitrogens with one attached hydrogen (secondary N) is 1. The molecule has 0 spiro atoms. The topological polar surface area (TPSA) is 82.3 Å². The highest BCUT2D eigenvalue weighted by Gasteiger charge is 2.43. The lowest BCUT2D eigenvalue weighted by atomic mass is 9.85. The molecule has 0 aromatic heterocycles. The molecule has 6 heteroatoms. The lowest BCUT2D eigenvalue weighted by molar-refractivity contribution is -0.0627. The van der Waals surface area contributed by atoms with Gasteiger partial charge in [0.2, 0.25) is 0 Å². The summed E-state index contributed by atoms with van der Waals surface area (Å²) in [6.45, 7) is 3.49. The number of carbonyl (C=O) groups excluding carboxylic acids is 1. The van der Waals surface area contributed by atoms with E-state index in [1.807, 2.05) is 0 Å². The Balaban J connectivity index is 1.99. The molecule has 1 aliphatic heterocycles. The highest BCUT2D eigenvalue weighted by molar-refractivity contribution is 6.30. The number of amides is 1. The van der Waals surface area contributed by atoms with Crippen LogP contribution >= 0.6 is 11.6 Å². The average molecular weight is 357 g/mol. The van der Waals surface area contributed by atoms with Crippen LogP contribution in [-0.4, -0.2) is 22.7 Å². The van der Waals surface area contributed by atoms with Crippen LogP contribution in [0.2, 0.25) is 5.02 Å². The van der Waals surface area contributed by atoms with E-state index < -0.39 is 17.7 Å². The van der Waals surface area contributed by atoms with Crippen LogP contribution in [0, 0.1) is 11.3 Å². The number of ether oxygens (including phenoxy) is 1. The van der Waals surface area contributed by atoms with Gasteiger partial charge in [-0.3, -0.25) is 4.79 Å². The molecule has 0 saturated heterocycles. The third-order valence-electron chi connectivity index (χ3n) is 4.25. The maximum absolute atomic E-state index is 12.6. The molecule has 0 saturated carbocycles. The molecule has 1 heterocycles. The van der Waals surface area contributed by atoms with Crippen molar-refractivity contribution in [2.24, 2.45) is 0 Å². The lowest BCUT2D eigenvalue weighted by Crippen LogP contribution is -2.53. The summed E-state index contributed by atoms with van der Waals surface area (Å²) in [5, 5.41) is 23.1. The number of nitriles is 1. The van der Waals surface area contributed by atoms with Crippen molar-refractivity contribution in [3.8, 4) is 11.8 Å². The molecule has 0 fully saturated rings. The van der Waals surface area contributed by atoms with E-state index in [0.29, 0.717) is 27.5 Å². The number of hydrogen-bond acceptors (Lipinski definition) is 4. The van der Waals surface area contributed by atoms with Gasteiger partial charge in [0.15, 0.2) is 0 Å². The zero-order valence-electron chi connectivity index (χ0n) is 13.8. The number of carbonyl (C=O) groups is 1. The van der Waals surface area contributed by atoms with E-state index in [9.17, 15) is 9.90 Å². The summed E-state index contributed by atoms with van der Waals surface area (Å²) in [7, 11) is 0. The largest absolute Gasteiger partial charge is 0.485 e. The summed E-state index contributed by atoms with van der Waals surface area (Å²) < 4.78 is 5.84. The number of benzene rings is 2. The summed E-state index contributed by atoms with van der Waals surface area (Å²) in [4.78, 5) is 12.6. The second-order valence-corrected chi connectivity index (χ2v) is 6.91. The van der Waals surface area contributed by atoms with Crippen molar-refractivity contribution in [1.82, 2.24) is 5.32 Å². The smallest absolute Gasteiger partial charge is 0.251 e.